The lowest BCUT2D eigenvalue weighted by Crippen LogP contribution is -2.40. The van der Waals surface area contributed by atoms with Crippen LogP contribution in [0.2, 0.25) is 0 Å². The highest BCUT2D eigenvalue weighted by atomic mass is 16.5. The number of rotatable bonds is 9. The Morgan fingerprint density at radius 1 is 0.935 bits per heavy atom. The van der Waals surface area contributed by atoms with Gasteiger partial charge in [-0.3, -0.25) is 14.4 Å². The van der Waals surface area contributed by atoms with Crippen LogP contribution in [0.1, 0.15) is 41.5 Å². The van der Waals surface area contributed by atoms with E-state index in [1.807, 2.05) is 13.8 Å². The fraction of sp³-hybridized carbons (Fsp3) is 0.304. The van der Waals surface area contributed by atoms with E-state index in [0.29, 0.717) is 29.9 Å². The summed E-state index contributed by atoms with van der Waals surface area (Å²) in [7, 11) is 0. The van der Waals surface area contributed by atoms with Gasteiger partial charge in [-0.15, -0.1) is 0 Å². The maximum Gasteiger partial charge on any atom is 0.328 e. The summed E-state index contributed by atoms with van der Waals surface area (Å²) in [5, 5.41) is 5.12. The van der Waals surface area contributed by atoms with Crippen molar-refractivity contribution in [1.82, 2.24) is 10.2 Å². The van der Waals surface area contributed by atoms with Gasteiger partial charge in [0, 0.05) is 29.9 Å². The molecule has 0 aliphatic rings. The van der Waals surface area contributed by atoms with Gasteiger partial charge >= 0.3 is 5.97 Å². The molecule has 2 rings (SSSR count). The second-order valence-corrected chi connectivity index (χ2v) is 6.78. The van der Waals surface area contributed by atoms with E-state index in [-0.39, 0.29) is 5.91 Å². The Balaban J connectivity index is 1.86. The molecule has 3 amide bonds. The van der Waals surface area contributed by atoms with Crippen LogP contribution in [0.25, 0.3) is 0 Å². The quantitative estimate of drug-likeness (QED) is 0.601. The molecule has 1 atom stereocenters. The van der Waals surface area contributed by atoms with Gasteiger partial charge in [-0.2, -0.15) is 0 Å². The molecular formula is C23H27N3O5. The van der Waals surface area contributed by atoms with Crippen molar-refractivity contribution in [1.29, 1.82) is 0 Å². The molecule has 2 N–H and O–H groups in total. The molecule has 0 heterocycles. The number of nitrogens with zero attached hydrogens (tertiary/aromatic N) is 1. The maximum atomic E-state index is 12.4. The summed E-state index contributed by atoms with van der Waals surface area (Å²) in [6.07, 6.45) is 0. The molecular weight excluding hydrogens is 398 g/mol. The average molecular weight is 425 g/mol. The molecule has 0 saturated heterocycles. The minimum Gasteiger partial charge on any atom is -0.454 e. The largest absolute Gasteiger partial charge is 0.454 e. The molecule has 2 aromatic carbocycles. The normalized spacial score (nSPS) is 11.2. The van der Waals surface area contributed by atoms with Crippen LogP contribution >= 0.6 is 0 Å². The van der Waals surface area contributed by atoms with Gasteiger partial charge in [-0.05, 0) is 51.1 Å². The SMILES string of the molecule is CCN(CC)C(=O)c1cccc(NC(=O)COC(=O)[C@H](C)NC(=O)c2ccccc2)c1. The molecule has 0 aromatic heterocycles. The smallest absolute Gasteiger partial charge is 0.328 e. The van der Waals surface area contributed by atoms with Crippen LogP contribution in [-0.2, 0) is 14.3 Å². The van der Waals surface area contributed by atoms with Crippen molar-refractivity contribution in [3.05, 3.63) is 65.7 Å². The fourth-order valence-electron chi connectivity index (χ4n) is 2.81. The van der Waals surface area contributed by atoms with E-state index >= 15 is 0 Å². The second kappa shape index (κ2) is 11.5. The predicted octanol–water partition coefficient (Wildman–Crippen LogP) is 2.47. The minimum atomic E-state index is -0.921. The molecule has 0 fully saturated rings. The van der Waals surface area contributed by atoms with Gasteiger partial charge in [0.2, 0.25) is 0 Å². The summed E-state index contributed by atoms with van der Waals surface area (Å²) in [5.41, 5.74) is 1.29. The number of carbonyl (C=O) groups excluding carboxylic acids is 4. The lowest BCUT2D eigenvalue weighted by molar-refractivity contribution is -0.148. The van der Waals surface area contributed by atoms with Crippen molar-refractivity contribution in [2.75, 3.05) is 25.0 Å². The molecule has 0 aliphatic carbocycles. The van der Waals surface area contributed by atoms with Crippen molar-refractivity contribution in [2.45, 2.75) is 26.8 Å². The summed E-state index contributed by atoms with van der Waals surface area (Å²) in [4.78, 5) is 50.4. The standard InChI is InChI=1S/C23H27N3O5/c1-4-26(5-2)22(29)18-12-9-13-19(14-18)25-20(27)15-31-23(30)16(3)24-21(28)17-10-7-6-8-11-17/h6-14,16H,4-5,15H2,1-3H3,(H,24,28)(H,25,27)/t16-/m0/s1. The van der Waals surface area contributed by atoms with Gasteiger partial charge < -0.3 is 20.3 Å². The number of hydrogen-bond acceptors (Lipinski definition) is 5. The average Bonchev–Trinajstić information content (AvgIpc) is 2.78. The van der Waals surface area contributed by atoms with Crippen LogP contribution in [0.4, 0.5) is 5.69 Å². The monoisotopic (exact) mass is 425 g/mol. The van der Waals surface area contributed by atoms with E-state index in [0.717, 1.165) is 0 Å². The highest BCUT2D eigenvalue weighted by Gasteiger charge is 2.19. The van der Waals surface area contributed by atoms with E-state index in [1.165, 1.54) is 6.92 Å². The third kappa shape index (κ3) is 6.95. The van der Waals surface area contributed by atoms with Gasteiger partial charge in [0.1, 0.15) is 6.04 Å². The molecule has 8 heteroatoms. The van der Waals surface area contributed by atoms with Crippen molar-refractivity contribution < 1.29 is 23.9 Å². The number of ether oxygens (including phenoxy) is 1. The van der Waals surface area contributed by atoms with E-state index in [1.54, 1.807) is 59.5 Å². The number of anilines is 1. The number of esters is 1. The zero-order chi connectivity index (χ0) is 22.8. The molecule has 0 radical (unpaired) electrons. The number of amides is 3. The summed E-state index contributed by atoms with van der Waals surface area (Å²) >= 11 is 0. The maximum absolute atomic E-state index is 12.4. The van der Waals surface area contributed by atoms with Crippen molar-refractivity contribution in [2.24, 2.45) is 0 Å². The van der Waals surface area contributed by atoms with Crippen LogP contribution in [-0.4, -0.2) is 54.3 Å². The van der Waals surface area contributed by atoms with Crippen LogP contribution in [0.5, 0.6) is 0 Å². The molecule has 0 spiro atoms. The first-order valence-corrected chi connectivity index (χ1v) is 10.1. The first-order chi connectivity index (χ1) is 14.8. The Kier molecular flexibility index (Phi) is 8.75. The molecule has 8 nitrogen and oxygen atoms in total. The van der Waals surface area contributed by atoms with Crippen LogP contribution in [0, 0.1) is 0 Å². The Morgan fingerprint density at radius 2 is 1.58 bits per heavy atom. The third-order valence-electron chi connectivity index (χ3n) is 4.53. The predicted molar refractivity (Wildman–Crippen MR) is 117 cm³/mol. The van der Waals surface area contributed by atoms with E-state index in [4.69, 9.17) is 4.74 Å². The van der Waals surface area contributed by atoms with Gasteiger partial charge in [-0.25, -0.2) is 4.79 Å². The molecule has 0 aliphatic heterocycles. The molecule has 0 unspecified atom stereocenters. The van der Waals surface area contributed by atoms with Gasteiger partial charge in [0.15, 0.2) is 6.61 Å². The lowest BCUT2D eigenvalue weighted by atomic mass is 10.1. The number of hydrogen-bond donors (Lipinski definition) is 2. The van der Waals surface area contributed by atoms with E-state index in [2.05, 4.69) is 10.6 Å². The van der Waals surface area contributed by atoms with Gasteiger partial charge in [0.25, 0.3) is 17.7 Å². The van der Waals surface area contributed by atoms with Crippen LogP contribution in [0.3, 0.4) is 0 Å². The molecule has 0 bridgehead atoms. The lowest BCUT2D eigenvalue weighted by Gasteiger charge is -2.19. The van der Waals surface area contributed by atoms with Crippen LogP contribution < -0.4 is 10.6 Å². The Labute approximate surface area is 181 Å². The summed E-state index contributed by atoms with van der Waals surface area (Å²) in [6, 6.07) is 14.1. The van der Waals surface area contributed by atoms with Gasteiger partial charge in [0.05, 0.1) is 0 Å². The molecule has 31 heavy (non-hydrogen) atoms. The van der Waals surface area contributed by atoms with E-state index < -0.39 is 30.4 Å². The number of benzene rings is 2. The second-order valence-electron chi connectivity index (χ2n) is 6.78. The first-order valence-electron chi connectivity index (χ1n) is 10.1. The molecule has 164 valence electrons. The zero-order valence-corrected chi connectivity index (χ0v) is 17.9. The topological polar surface area (TPSA) is 105 Å². The molecule has 0 saturated carbocycles. The summed E-state index contributed by atoms with van der Waals surface area (Å²) in [6.45, 7) is 5.92. The van der Waals surface area contributed by atoms with Crippen molar-refractivity contribution in [3.63, 3.8) is 0 Å². The van der Waals surface area contributed by atoms with Gasteiger partial charge in [-0.1, -0.05) is 24.3 Å². The zero-order valence-electron chi connectivity index (χ0n) is 17.9. The molecule has 2 aromatic rings. The minimum absolute atomic E-state index is 0.129. The Morgan fingerprint density at radius 3 is 2.23 bits per heavy atom. The highest BCUT2D eigenvalue weighted by molar-refractivity contribution is 5.98. The highest BCUT2D eigenvalue weighted by Crippen LogP contribution is 2.13. The number of nitrogens with one attached hydrogen (secondary N) is 2. The van der Waals surface area contributed by atoms with Crippen molar-refractivity contribution in [3.8, 4) is 0 Å². The van der Waals surface area contributed by atoms with Crippen LogP contribution in [0.15, 0.2) is 54.6 Å². The first kappa shape index (κ1) is 23.6. The van der Waals surface area contributed by atoms with E-state index in [9.17, 15) is 19.2 Å². The fourth-order valence-corrected chi connectivity index (χ4v) is 2.81. The Bertz CT molecular complexity index is 926. The third-order valence-corrected chi connectivity index (χ3v) is 4.53. The summed E-state index contributed by atoms with van der Waals surface area (Å²) < 4.78 is 4.98. The summed E-state index contributed by atoms with van der Waals surface area (Å²) in [5.74, 6) is -1.83. The van der Waals surface area contributed by atoms with Crippen molar-refractivity contribution >= 4 is 29.4 Å². The number of carbonyl (C=O) groups is 4. The Hall–Kier alpha value is -3.68.